The van der Waals surface area contributed by atoms with E-state index >= 15 is 0 Å². The van der Waals surface area contributed by atoms with Gasteiger partial charge in [0.1, 0.15) is 6.33 Å². The molecule has 0 spiro atoms. The number of methoxy groups -OCH3 is 3. The van der Waals surface area contributed by atoms with Crippen molar-refractivity contribution in [2.24, 2.45) is 0 Å². The molecular formula is C11H19N3O3. The summed E-state index contributed by atoms with van der Waals surface area (Å²) >= 11 is 0. The van der Waals surface area contributed by atoms with Crippen molar-refractivity contribution in [3.63, 3.8) is 0 Å². The van der Waals surface area contributed by atoms with Gasteiger partial charge in [0.15, 0.2) is 0 Å². The summed E-state index contributed by atoms with van der Waals surface area (Å²) in [6.45, 7) is 3.24. The van der Waals surface area contributed by atoms with Crippen LogP contribution in [0, 0.1) is 0 Å². The van der Waals surface area contributed by atoms with E-state index < -0.39 is 0 Å². The van der Waals surface area contributed by atoms with Crippen LogP contribution in [0.4, 0.5) is 0 Å². The molecule has 1 unspecified atom stereocenters. The third kappa shape index (κ3) is 3.83. The number of nitrogens with zero attached hydrogens (tertiary/aromatic N) is 2. The van der Waals surface area contributed by atoms with Gasteiger partial charge >= 0.3 is 0 Å². The summed E-state index contributed by atoms with van der Waals surface area (Å²) in [5.41, 5.74) is 0.806. The number of aromatic nitrogens is 2. The smallest absolute Gasteiger partial charge is 0.224 e. The van der Waals surface area contributed by atoms with Crippen molar-refractivity contribution in [3.05, 3.63) is 11.9 Å². The second kappa shape index (κ2) is 7.03. The van der Waals surface area contributed by atoms with Gasteiger partial charge in [0.05, 0.1) is 26.4 Å². The van der Waals surface area contributed by atoms with Gasteiger partial charge in [0, 0.05) is 19.7 Å². The highest BCUT2D eigenvalue weighted by molar-refractivity contribution is 5.34. The monoisotopic (exact) mass is 241 g/mol. The standard InChI is InChI=1S/C11H19N3O3/c1-8(6-15-2)12-5-9-10(16-3)13-7-14-11(9)17-4/h7-8,12H,5-6H2,1-4H3. The average molecular weight is 241 g/mol. The lowest BCUT2D eigenvalue weighted by Gasteiger charge is -2.15. The van der Waals surface area contributed by atoms with Gasteiger partial charge in [-0.3, -0.25) is 0 Å². The van der Waals surface area contributed by atoms with Crippen LogP contribution in [0.3, 0.4) is 0 Å². The number of hydrogen-bond acceptors (Lipinski definition) is 6. The van der Waals surface area contributed by atoms with Crippen LogP contribution in [-0.2, 0) is 11.3 Å². The first kappa shape index (κ1) is 13.7. The molecule has 96 valence electrons. The molecule has 0 aliphatic rings. The fraction of sp³-hybridized carbons (Fsp3) is 0.636. The molecule has 17 heavy (non-hydrogen) atoms. The van der Waals surface area contributed by atoms with E-state index in [0.717, 1.165) is 5.56 Å². The van der Waals surface area contributed by atoms with Gasteiger partial charge in [-0.25, -0.2) is 9.97 Å². The summed E-state index contributed by atoms with van der Waals surface area (Å²) < 4.78 is 15.4. The minimum absolute atomic E-state index is 0.231. The van der Waals surface area contributed by atoms with Crippen LogP contribution >= 0.6 is 0 Å². The molecule has 1 aromatic rings. The summed E-state index contributed by atoms with van der Waals surface area (Å²) in [5, 5.41) is 3.28. The molecule has 0 radical (unpaired) electrons. The van der Waals surface area contributed by atoms with Crippen molar-refractivity contribution in [2.45, 2.75) is 19.5 Å². The zero-order chi connectivity index (χ0) is 12.7. The minimum Gasteiger partial charge on any atom is -0.481 e. The van der Waals surface area contributed by atoms with E-state index in [0.29, 0.717) is 24.9 Å². The molecule has 1 heterocycles. The van der Waals surface area contributed by atoms with Crippen molar-refractivity contribution >= 4 is 0 Å². The number of nitrogens with one attached hydrogen (secondary N) is 1. The summed E-state index contributed by atoms with van der Waals surface area (Å²) in [6, 6.07) is 0.231. The average Bonchev–Trinajstić information content (AvgIpc) is 2.36. The maximum Gasteiger partial charge on any atom is 0.224 e. The van der Waals surface area contributed by atoms with Crippen LogP contribution < -0.4 is 14.8 Å². The summed E-state index contributed by atoms with van der Waals surface area (Å²) in [5.74, 6) is 1.04. The Bertz CT molecular complexity index is 324. The molecular weight excluding hydrogens is 222 g/mol. The molecule has 1 N–H and O–H groups in total. The molecule has 0 aliphatic heterocycles. The van der Waals surface area contributed by atoms with Crippen molar-refractivity contribution in [3.8, 4) is 11.8 Å². The molecule has 0 amide bonds. The van der Waals surface area contributed by atoms with Crippen LogP contribution in [0.2, 0.25) is 0 Å². The van der Waals surface area contributed by atoms with Gasteiger partial charge in [-0.2, -0.15) is 0 Å². The summed E-state index contributed by atoms with van der Waals surface area (Å²) in [4.78, 5) is 8.09. The fourth-order valence-electron chi connectivity index (χ4n) is 1.47. The zero-order valence-corrected chi connectivity index (χ0v) is 10.7. The van der Waals surface area contributed by atoms with Crippen LogP contribution in [0.25, 0.3) is 0 Å². The van der Waals surface area contributed by atoms with Gasteiger partial charge in [-0.1, -0.05) is 0 Å². The third-order valence-electron chi connectivity index (χ3n) is 2.30. The number of rotatable bonds is 7. The largest absolute Gasteiger partial charge is 0.481 e. The second-order valence-corrected chi connectivity index (χ2v) is 3.61. The molecule has 0 aliphatic carbocycles. The first-order valence-corrected chi connectivity index (χ1v) is 5.37. The molecule has 0 bridgehead atoms. The van der Waals surface area contributed by atoms with Gasteiger partial charge < -0.3 is 19.5 Å². The normalized spacial score (nSPS) is 12.2. The van der Waals surface area contributed by atoms with E-state index in [4.69, 9.17) is 14.2 Å². The molecule has 0 saturated heterocycles. The Balaban J connectivity index is 2.74. The summed E-state index contributed by atoms with van der Waals surface area (Å²) in [7, 11) is 4.82. The molecule has 6 heteroatoms. The van der Waals surface area contributed by atoms with Gasteiger partial charge in [-0.15, -0.1) is 0 Å². The quantitative estimate of drug-likeness (QED) is 0.755. The third-order valence-corrected chi connectivity index (χ3v) is 2.30. The Hall–Kier alpha value is -1.40. The van der Waals surface area contributed by atoms with E-state index in [2.05, 4.69) is 15.3 Å². The fourth-order valence-corrected chi connectivity index (χ4v) is 1.47. The van der Waals surface area contributed by atoms with E-state index in [1.54, 1.807) is 21.3 Å². The number of hydrogen-bond donors (Lipinski definition) is 1. The molecule has 0 aromatic carbocycles. The van der Waals surface area contributed by atoms with Crippen LogP contribution in [-0.4, -0.2) is 43.9 Å². The lowest BCUT2D eigenvalue weighted by Crippen LogP contribution is -2.30. The van der Waals surface area contributed by atoms with Crippen LogP contribution in [0.5, 0.6) is 11.8 Å². The first-order chi connectivity index (χ1) is 8.22. The Labute approximate surface area is 101 Å². The van der Waals surface area contributed by atoms with E-state index in [1.165, 1.54) is 6.33 Å². The maximum absolute atomic E-state index is 5.18. The highest BCUT2D eigenvalue weighted by atomic mass is 16.5. The molecule has 0 fully saturated rings. The highest BCUT2D eigenvalue weighted by Gasteiger charge is 2.13. The van der Waals surface area contributed by atoms with Gasteiger partial charge in [0.25, 0.3) is 0 Å². The van der Waals surface area contributed by atoms with Crippen LogP contribution in [0.15, 0.2) is 6.33 Å². The second-order valence-electron chi connectivity index (χ2n) is 3.61. The predicted molar refractivity (Wildman–Crippen MR) is 63.3 cm³/mol. The Morgan fingerprint density at radius 2 is 1.76 bits per heavy atom. The zero-order valence-electron chi connectivity index (χ0n) is 10.7. The van der Waals surface area contributed by atoms with Crippen molar-refractivity contribution in [1.29, 1.82) is 0 Å². The Morgan fingerprint density at radius 1 is 1.18 bits per heavy atom. The molecule has 6 nitrogen and oxygen atoms in total. The SMILES string of the molecule is COCC(C)NCc1c(OC)ncnc1OC. The van der Waals surface area contributed by atoms with Gasteiger partial charge in [-0.05, 0) is 6.92 Å². The van der Waals surface area contributed by atoms with E-state index in [1.807, 2.05) is 6.92 Å². The summed E-state index contributed by atoms with van der Waals surface area (Å²) in [6.07, 6.45) is 1.42. The van der Waals surface area contributed by atoms with Crippen molar-refractivity contribution < 1.29 is 14.2 Å². The highest BCUT2D eigenvalue weighted by Crippen LogP contribution is 2.22. The van der Waals surface area contributed by atoms with E-state index in [-0.39, 0.29) is 6.04 Å². The predicted octanol–water partition coefficient (Wildman–Crippen LogP) is 0.618. The van der Waals surface area contributed by atoms with Crippen molar-refractivity contribution in [1.82, 2.24) is 15.3 Å². The topological polar surface area (TPSA) is 65.5 Å². The van der Waals surface area contributed by atoms with Crippen molar-refractivity contribution in [2.75, 3.05) is 27.9 Å². The first-order valence-electron chi connectivity index (χ1n) is 5.37. The van der Waals surface area contributed by atoms with Crippen LogP contribution in [0.1, 0.15) is 12.5 Å². The maximum atomic E-state index is 5.18. The lowest BCUT2D eigenvalue weighted by atomic mass is 10.2. The van der Waals surface area contributed by atoms with E-state index in [9.17, 15) is 0 Å². The lowest BCUT2D eigenvalue weighted by molar-refractivity contribution is 0.171. The molecule has 1 aromatic heterocycles. The Morgan fingerprint density at radius 3 is 2.24 bits per heavy atom. The Kier molecular flexibility index (Phi) is 5.65. The minimum atomic E-state index is 0.231. The molecule has 0 saturated carbocycles. The van der Waals surface area contributed by atoms with Gasteiger partial charge in [0.2, 0.25) is 11.8 Å². The molecule has 1 atom stereocenters. The number of ether oxygens (including phenoxy) is 3. The molecule has 1 rings (SSSR count).